The molecule has 19 heavy (non-hydrogen) atoms. The van der Waals surface area contributed by atoms with Gasteiger partial charge in [-0.15, -0.1) is 0 Å². The largest absolute Gasteiger partial charge is 0.493 e. The molecule has 0 amide bonds. The summed E-state index contributed by atoms with van der Waals surface area (Å²) in [5.74, 6) is 7.02. The van der Waals surface area contributed by atoms with Crippen LogP contribution in [-0.4, -0.2) is 19.2 Å². The van der Waals surface area contributed by atoms with E-state index in [-0.39, 0.29) is 6.04 Å². The van der Waals surface area contributed by atoms with Gasteiger partial charge in [0.25, 0.3) is 0 Å². The maximum Gasteiger partial charge on any atom is 0.161 e. The van der Waals surface area contributed by atoms with Crippen LogP contribution in [0.5, 0.6) is 11.5 Å². The van der Waals surface area contributed by atoms with Crippen molar-refractivity contribution in [2.75, 3.05) is 14.2 Å². The van der Waals surface area contributed by atoms with Gasteiger partial charge in [-0.2, -0.15) is 0 Å². The Hall–Kier alpha value is -2.11. The summed E-state index contributed by atoms with van der Waals surface area (Å²) in [4.78, 5) is 4.00. The number of ether oxygens (including phenoxy) is 2. The second-order valence-electron chi connectivity index (χ2n) is 3.99. The number of nitrogens with zero attached hydrogens (tertiary/aromatic N) is 1. The van der Waals surface area contributed by atoms with Crippen LogP contribution in [0.2, 0.25) is 0 Å². The normalized spacial score (nSPS) is 11.9. The minimum absolute atomic E-state index is 0.122. The molecule has 3 N–H and O–H groups in total. The third kappa shape index (κ3) is 2.83. The smallest absolute Gasteiger partial charge is 0.161 e. The predicted octanol–water partition coefficient (Wildman–Crippen LogP) is 1.65. The molecule has 0 bridgehead atoms. The standard InChI is InChI=1S/C14H17N3O2/c1-18-12-4-3-11(9-13(12)19-2)14(17-15)10-5-7-16-8-6-10/h3-9,14,17H,15H2,1-2H3. The molecule has 1 atom stereocenters. The topological polar surface area (TPSA) is 69.4 Å². The summed E-state index contributed by atoms with van der Waals surface area (Å²) < 4.78 is 10.5. The van der Waals surface area contributed by atoms with Crippen LogP contribution in [0.4, 0.5) is 0 Å². The molecule has 0 radical (unpaired) electrons. The van der Waals surface area contributed by atoms with E-state index in [2.05, 4.69) is 10.4 Å². The number of hydrazine groups is 1. The van der Waals surface area contributed by atoms with Crippen LogP contribution in [0.25, 0.3) is 0 Å². The number of benzene rings is 1. The number of nitrogens with one attached hydrogen (secondary N) is 1. The average Bonchev–Trinajstić information content (AvgIpc) is 2.49. The minimum Gasteiger partial charge on any atom is -0.493 e. The second kappa shape index (κ2) is 6.17. The molecule has 5 nitrogen and oxygen atoms in total. The highest BCUT2D eigenvalue weighted by atomic mass is 16.5. The molecule has 0 aliphatic rings. The highest BCUT2D eigenvalue weighted by Crippen LogP contribution is 2.31. The van der Waals surface area contributed by atoms with Crippen molar-refractivity contribution >= 4 is 0 Å². The molecule has 0 saturated carbocycles. The Kier molecular flexibility index (Phi) is 4.33. The van der Waals surface area contributed by atoms with Gasteiger partial charge < -0.3 is 9.47 Å². The molecule has 1 aromatic carbocycles. The Morgan fingerprint density at radius 3 is 2.26 bits per heavy atom. The van der Waals surface area contributed by atoms with Crippen molar-refractivity contribution in [3.05, 3.63) is 53.9 Å². The number of nitrogens with two attached hydrogens (primary N) is 1. The van der Waals surface area contributed by atoms with Crippen LogP contribution in [0.15, 0.2) is 42.7 Å². The van der Waals surface area contributed by atoms with Gasteiger partial charge in [-0.1, -0.05) is 6.07 Å². The fraction of sp³-hybridized carbons (Fsp3) is 0.214. The predicted molar refractivity (Wildman–Crippen MR) is 72.9 cm³/mol. The molecule has 1 aromatic heterocycles. The van der Waals surface area contributed by atoms with Gasteiger partial charge in [0, 0.05) is 12.4 Å². The summed E-state index contributed by atoms with van der Waals surface area (Å²) in [5.41, 5.74) is 4.82. The van der Waals surface area contributed by atoms with E-state index >= 15 is 0 Å². The minimum atomic E-state index is -0.122. The highest BCUT2D eigenvalue weighted by Gasteiger charge is 2.14. The molecule has 1 heterocycles. The molecule has 0 saturated heterocycles. The van der Waals surface area contributed by atoms with Gasteiger partial charge in [0.1, 0.15) is 0 Å². The van der Waals surface area contributed by atoms with Crippen LogP contribution in [-0.2, 0) is 0 Å². The zero-order valence-corrected chi connectivity index (χ0v) is 11.0. The molecule has 0 fully saturated rings. The molecule has 0 spiro atoms. The third-order valence-electron chi connectivity index (χ3n) is 2.95. The van der Waals surface area contributed by atoms with Crippen LogP contribution in [0.1, 0.15) is 17.2 Å². The molecular formula is C14H17N3O2. The maximum atomic E-state index is 5.66. The average molecular weight is 259 g/mol. The molecule has 1 unspecified atom stereocenters. The van der Waals surface area contributed by atoms with Crippen molar-refractivity contribution in [2.45, 2.75) is 6.04 Å². The van der Waals surface area contributed by atoms with E-state index in [4.69, 9.17) is 15.3 Å². The van der Waals surface area contributed by atoms with Gasteiger partial charge in [0.2, 0.25) is 0 Å². The quantitative estimate of drug-likeness (QED) is 0.631. The Bertz CT molecular complexity index is 531. The fourth-order valence-electron chi connectivity index (χ4n) is 1.97. The molecule has 100 valence electrons. The number of aromatic nitrogens is 1. The lowest BCUT2D eigenvalue weighted by molar-refractivity contribution is 0.354. The third-order valence-corrected chi connectivity index (χ3v) is 2.95. The highest BCUT2D eigenvalue weighted by molar-refractivity contribution is 5.45. The second-order valence-corrected chi connectivity index (χ2v) is 3.99. The lowest BCUT2D eigenvalue weighted by Gasteiger charge is -2.18. The van der Waals surface area contributed by atoms with Gasteiger partial charge in [0.15, 0.2) is 11.5 Å². The summed E-state index contributed by atoms with van der Waals surface area (Å²) in [7, 11) is 3.22. The number of hydrogen-bond donors (Lipinski definition) is 2. The zero-order valence-electron chi connectivity index (χ0n) is 11.0. The summed E-state index contributed by atoms with van der Waals surface area (Å²) in [5, 5.41) is 0. The Balaban J connectivity index is 2.39. The SMILES string of the molecule is COc1ccc(C(NN)c2ccncc2)cc1OC. The van der Waals surface area contributed by atoms with E-state index in [1.165, 1.54) is 0 Å². The molecule has 2 rings (SSSR count). The number of methoxy groups -OCH3 is 2. The van der Waals surface area contributed by atoms with E-state index in [0.717, 1.165) is 11.1 Å². The van der Waals surface area contributed by atoms with E-state index in [1.54, 1.807) is 26.6 Å². The summed E-state index contributed by atoms with van der Waals surface area (Å²) in [6.45, 7) is 0. The molecule has 0 aliphatic carbocycles. The maximum absolute atomic E-state index is 5.66. The fourth-order valence-corrected chi connectivity index (χ4v) is 1.97. The van der Waals surface area contributed by atoms with Crippen molar-refractivity contribution in [2.24, 2.45) is 5.84 Å². The van der Waals surface area contributed by atoms with Crippen LogP contribution >= 0.6 is 0 Å². The summed E-state index contributed by atoms with van der Waals surface area (Å²) in [6, 6.07) is 9.43. The first-order valence-corrected chi connectivity index (χ1v) is 5.88. The van der Waals surface area contributed by atoms with Crippen LogP contribution in [0.3, 0.4) is 0 Å². The molecular weight excluding hydrogens is 242 g/mol. The number of hydrogen-bond acceptors (Lipinski definition) is 5. The first-order chi connectivity index (χ1) is 9.30. The Labute approximate surface area is 112 Å². The van der Waals surface area contributed by atoms with E-state index in [9.17, 15) is 0 Å². The van der Waals surface area contributed by atoms with E-state index in [0.29, 0.717) is 11.5 Å². The van der Waals surface area contributed by atoms with Crippen molar-refractivity contribution in [3.63, 3.8) is 0 Å². The van der Waals surface area contributed by atoms with E-state index in [1.807, 2.05) is 30.3 Å². The van der Waals surface area contributed by atoms with Gasteiger partial charge in [-0.05, 0) is 35.4 Å². The van der Waals surface area contributed by atoms with Crippen LogP contribution < -0.4 is 20.7 Å². The van der Waals surface area contributed by atoms with Crippen molar-refractivity contribution < 1.29 is 9.47 Å². The zero-order chi connectivity index (χ0) is 13.7. The lowest BCUT2D eigenvalue weighted by atomic mass is 10.00. The van der Waals surface area contributed by atoms with Gasteiger partial charge in [-0.25, -0.2) is 5.43 Å². The van der Waals surface area contributed by atoms with Crippen molar-refractivity contribution in [3.8, 4) is 11.5 Å². The summed E-state index contributed by atoms with van der Waals surface area (Å²) >= 11 is 0. The first kappa shape index (κ1) is 13.3. The van der Waals surface area contributed by atoms with Gasteiger partial charge in [-0.3, -0.25) is 10.8 Å². The number of pyridine rings is 1. The van der Waals surface area contributed by atoms with Gasteiger partial charge in [0.05, 0.1) is 20.3 Å². The Morgan fingerprint density at radius 1 is 1.00 bits per heavy atom. The molecule has 0 aliphatic heterocycles. The molecule has 5 heteroatoms. The van der Waals surface area contributed by atoms with Crippen molar-refractivity contribution in [1.29, 1.82) is 0 Å². The lowest BCUT2D eigenvalue weighted by Crippen LogP contribution is -2.28. The molecule has 2 aromatic rings. The van der Waals surface area contributed by atoms with E-state index < -0.39 is 0 Å². The summed E-state index contributed by atoms with van der Waals surface area (Å²) in [6.07, 6.45) is 3.47. The van der Waals surface area contributed by atoms with Crippen molar-refractivity contribution in [1.82, 2.24) is 10.4 Å². The monoisotopic (exact) mass is 259 g/mol. The van der Waals surface area contributed by atoms with Gasteiger partial charge >= 0.3 is 0 Å². The van der Waals surface area contributed by atoms with Crippen LogP contribution in [0, 0.1) is 0 Å². The first-order valence-electron chi connectivity index (χ1n) is 5.88. The number of rotatable bonds is 5. The Morgan fingerprint density at radius 2 is 1.68 bits per heavy atom.